The van der Waals surface area contributed by atoms with Gasteiger partial charge in [-0.1, -0.05) is 35.7 Å². The van der Waals surface area contributed by atoms with Crippen molar-refractivity contribution in [3.63, 3.8) is 0 Å². The molecule has 0 saturated carbocycles. The molecule has 5 aromatic rings. The van der Waals surface area contributed by atoms with Crippen LogP contribution >= 0.6 is 46.2 Å². The molecule has 4 heterocycles. The van der Waals surface area contributed by atoms with E-state index in [-0.39, 0.29) is 5.56 Å². The maximum atomic E-state index is 12.1. The Kier molecular flexibility index (Phi) is 5.12. The summed E-state index contributed by atoms with van der Waals surface area (Å²) in [4.78, 5) is 22.0. The molecule has 0 fully saturated rings. The Hall–Kier alpha value is -2.21. The van der Waals surface area contributed by atoms with Gasteiger partial charge in [0, 0.05) is 30.4 Å². The smallest absolute Gasteiger partial charge is 0.258 e. The average Bonchev–Trinajstić information content (AvgIpc) is 3.43. The molecule has 0 unspecified atom stereocenters. The molecule has 0 aliphatic heterocycles. The molecule has 0 saturated heterocycles. The van der Waals surface area contributed by atoms with Crippen LogP contribution in [0.15, 0.2) is 56.2 Å². The van der Waals surface area contributed by atoms with E-state index in [2.05, 4.69) is 26.2 Å². The molecule has 0 aliphatic rings. The fraction of sp³-hybridized carbons (Fsp3) is 0.167. The maximum Gasteiger partial charge on any atom is 0.258 e. The first kappa shape index (κ1) is 18.8. The molecule has 146 valence electrons. The molecule has 29 heavy (non-hydrogen) atoms. The van der Waals surface area contributed by atoms with Gasteiger partial charge in [-0.15, -0.1) is 32.9 Å². The average molecular weight is 459 g/mol. The normalized spacial score (nSPS) is 11.6. The zero-order valence-corrected chi connectivity index (χ0v) is 18.4. The van der Waals surface area contributed by atoms with Gasteiger partial charge in [-0.05, 0) is 12.1 Å². The van der Waals surface area contributed by atoms with Crippen LogP contribution in [0.25, 0.3) is 15.2 Å². The van der Waals surface area contributed by atoms with Crippen LogP contribution in [-0.2, 0) is 18.6 Å². The third-order valence-electron chi connectivity index (χ3n) is 4.23. The van der Waals surface area contributed by atoms with Crippen LogP contribution in [0.5, 0.6) is 0 Å². The van der Waals surface area contributed by atoms with E-state index in [1.165, 1.54) is 27.8 Å². The minimum Gasteiger partial charge on any atom is -0.308 e. The van der Waals surface area contributed by atoms with E-state index in [4.69, 9.17) is 0 Å². The van der Waals surface area contributed by atoms with Crippen molar-refractivity contribution in [3.8, 4) is 0 Å². The van der Waals surface area contributed by atoms with Crippen LogP contribution in [0.3, 0.4) is 0 Å². The number of nitrogens with zero attached hydrogens (tertiary/aromatic N) is 6. The van der Waals surface area contributed by atoms with Gasteiger partial charge in [0.2, 0.25) is 0 Å². The highest BCUT2D eigenvalue weighted by atomic mass is 32.2. The van der Waals surface area contributed by atoms with Crippen molar-refractivity contribution in [2.45, 2.75) is 21.0 Å². The lowest BCUT2D eigenvalue weighted by Gasteiger charge is -2.03. The number of para-hydroxylation sites is 1. The third-order valence-corrected chi connectivity index (χ3v) is 8.22. The lowest BCUT2D eigenvalue weighted by Crippen LogP contribution is -2.12. The Morgan fingerprint density at radius 2 is 2.00 bits per heavy atom. The van der Waals surface area contributed by atoms with Crippen LogP contribution in [0, 0.1) is 0 Å². The quantitative estimate of drug-likeness (QED) is 0.355. The van der Waals surface area contributed by atoms with Gasteiger partial charge in [-0.3, -0.25) is 9.20 Å². The van der Waals surface area contributed by atoms with Gasteiger partial charge in [0.15, 0.2) is 14.5 Å². The largest absolute Gasteiger partial charge is 0.308 e. The molecule has 0 radical (unpaired) electrons. The number of hydrogen-bond acceptors (Lipinski definition) is 9. The highest BCUT2D eigenvalue weighted by Gasteiger charge is 2.13. The monoisotopic (exact) mass is 458 g/mol. The van der Waals surface area contributed by atoms with Crippen molar-refractivity contribution < 1.29 is 0 Å². The molecule has 0 atom stereocenters. The van der Waals surface area contributed by atoms with Gasteiger partial charge < -0.3 is 4.57 Å². The van der Waals surface area contributed by atoms with E-state index in [0.29, 0.717) is 16.5 Å². The summed E-state index contributed by atoms with van der Waals surface area (Å²) in [5, 5.41) is 11.3. The number of rotatable bonds is 6. The summed E-state index contributed by atoms with van der Waals surface area (Å²) in [5.41, 5.74) is 1.72. The van der Waals surface area contributed by atoms with Crippen molar-refractivity contribution in [3.05, 3.63) is 63.8 Å². The van der Waals surface area contributed by atoms with Crippen LogP contribution in [0.1, 0.15) is 11.5 Å². The Morgan fingerprint density at radius 3 is 2.90 bits per heavy atom. The van der Waals surface area contributed by atoms with Gasteiger partial charge in [-0.25, -0.2) is 9.97 Å². The molecule has 0 spiro atoms. The molecule has 0 N–H and O–H groups in total. The number of thiazole rings is 2. The number of thioether (sulfide) groups is 2. The number of fused-ring (bicyclic) bond motifs is 2. The van der Waals surface area contributed by atoms with E-state index < -0.39 is 0 Å². The summed E-state index contributed by atoms with van der Waals surface area (Å²) >= 11 is 6.33. The SMILES string of the molecule is Cn1c(CSc2nc3ccccc3s2)nnc1SCc1cc(=O)n2ccsc2n1. The van der Waals surface area contributed by atoms with Crippen molar-refractivity contribution >= 4 is 61.4 Å². The van der Waals surface area contributed by atoms with E-state index in [1.807, 2.05) is 35.2 Å². The molecular formula is C18H14N6OS4. The number of hydrogen-bond donors (Lipinski definition) is 0. The first-order valence-electron chi connectivity index (χ1n) is 8.62. The standard InChI is InChI=1S/C18H14N6OS4/c1-23-14(10-28-18-20-12-4-2-3-5-13(12)29-18)21-22-17(23)27-9-11-8-15(25)24-6-7-26-16(24)19-11/h2-8H,9-10H2,1H3. The second-order valence-electron chi connectivity index (χ2n) is 6.12. The molecule has 7 nitrogen and oxygen atoms in total. The maximum absolute atomic E-state index is 12.1. The van der Waals surface area contributed by atoms with E-state index in [1.54, 1.807) is 39.8 Å². The highest BCUT2D eigenvalue weighted by Crippen LogP contribution is 2.31. The first-order chi connectivity index (χ1) is 14.2. The second-order valence-corrected chi connectivity index (χ2v) is 10.2. The molecule has 5 rings (SSSR count). The second kappa shape index (κ2) is 7.90. The first-order valence-corrected chi connectivity index (χ1v) is 12.3. The predicted octanol–water partition coefficient (Wildman–Crippen LogP) is 4.08. The topological polar surface area (TPSA) is 78.0 Å². The Morgan fingerprint density at radius 1 is 1.10 bits per heavy atom. The van der Waals surface area contributed by atoms with Crippen LogP contribution in [0.2, 0.25) is 0 Å². The molecule has 0 aliphatic carbocycles. The molecular weight excluding hydrogens is 445 g/mol. The summed E-state index contributed by atoms with van der Waals surface area (Å²) in [5.74, 6) is 2.16. The van der Waals surface area contributed by atoms with Crippen molar-refractivity contribution in [1.29, 1.82) is 0 Å². The van der Waals surface area contributed by atoms with E-state index >= 15 is 0 Å². The Labute approximate surface area is 181 Å². The minimum absolute atomic E-state index is 0.0576. The predicted molar refractivity (Wildman–Crippen MR) is 119 cm³/mol. The van der Waals surface area contributed by atoms with Crippen LogP contribution in [-0.4, -0.2) is 29.1 Å². The van der Waals surface area contributed by atoms with Crippen molar-refractivity contribution in [1.82, 2.24) is 29.1 Å². The van der Waals surface area contributed by atoms with Gasteiger partial charge >= 0.3 is 0 Å². The third kappa shape index (κ3) is 3.82. The van der Waals surface area contributed by atoms with E-state index in [0.717, 1.165) is 26.5 Å². The molecule has 4 aromatic heterocycles. The van der Waals surface area contributed by atoms with Gasteiger partial charge in [0.25, 0.3) is 5.56 Å². The minimum atomic E-state index is -0.0576. The van der Waals surface area contributed by atoms with Crippen LogP contribution < -0.4 is 5.56 Å². The fourth-order valence-electron chi connectivity index (χ4n) is 2.74. The zero-order valence-electron chi connectivity index (χ0n) is 15.2. The van der Waals surface area contributed by atoms with E-state index in [9.17, 15) is 4.79 Å². The Balaban J connectivity index is 1.26. The molecule has 1 aromatic carbocycles. The lowest BCUT2D eigenvalue weighted by molar-refractivity contribution is 0.761. The van der Waals surface area contributed by atoms with Gasteiger partial charge in [0.05, 0.1) is 21.7 Å². The fourth-order valence-corrected chi connectivity index (χ4v) is 6.34. The molecule has 0 bridgehead atoms. The summed E-state index contributed by atoms with van der Waals surface area (Å²) in [7, 11) is 1.96. The molecule has 0 amide bonds. The number of benzene rings is 1. The van der Waals surface area contributed by atoms with Gasteiger partial charge in [-0.2, -0.15) is 0 Å². The van der Waals surface area contributed by atoms with Crippen molar-refractivity contribution in [2.24, 2.45) is 7.05 Å². The number of aromatic nitrogens is 6. The highest BCUT2D eigenvalue weighted by molar-refractivity contribution is 8.00. The summed E-state index contributed by atoms with van der Waals surface area (Å²) < 4.78 is 5.76. The van der Waals surface area contributed by atoms with Crippen molar-refractivity contribution in [2.75, 3.05) is 0 Å². The molecule has 11 heteroatoms. The summed E-state index contributed by atoms with van der Waals surface area (Å²) in [6.07, 6.45) is 1.74. The van der Waals surface area contributed by atoms with Gasteiger partial charge in [0.1, 0.15) is 5.82 Å². The summed E-state index contributed by atoms with van der Waals surface area (Å²) in [6.45, 7) is 0. The Bertz CT molecular complexity index is 1330. The zero-order chi connectivity index (χ0) is 19.8. The lowest BCUT2D eigenvalue weighted by atomic mass is 10.3. The summed E-state index contributed by atoms with van der Waals surface area (Å²) in [6, 6.07) is 9.72. The van der Waals surface area contributed by atoms with Crippen LogP contribution in [0.4, 0.5) is 0 Å².